The molecule has 0 bridgehead atoms. The average Bonchev–Trinajstić information content (AvgIpc) is 3.08. The maximum Gasteiger partial charge on any atom is 0.334 e. The zero-order chi connectivity index (χ0) is 21.3. The van der Waals surface area contributed by atoms with E-state index >= 15 is 0 Å². The van der Waals surface area contributed by atoms with Crippen LogP contribution in [0, 0.1) is 0 Å². The minimum atomic E-state index is -0.554. The molecule has 5 nitrogen and oxygen atoms in total. The Balaban J connectivity index is 0.00000190. The van der Waals surface area contributed by atoms with Gasteiger partial charge in [-0.05, 0) is 44.2 Å². The van der Waals surface area contributed by atoms with Gasteiger partial charge in [-0.25, -0.2) is 4.79 Å². The van der Waals surface area contributed by atoms with Crippen LogP contribution in [-0.4, -0.2) is 21.7 Å². The maximum atomic E-state index is 12.0. The number of ether oxygens (including phenoxy) is 1. The van der Waals surface area contributed by atoms with Crippen LogP contribution in [0.3, 0.4) is 0 Å². The third-order valence-electron chi connectivity index (χ3n) is 4.09. The van der Waals surface area contributed by atoms with E-state index in [2.05, 4.69) is 54.8 Å². The maximum absolute atomic E-state index is 12.0. The molecular weight excluding hydrogens is 352 g/mol. The predicted molar refractivity (Wildman–Crippen MR) is 112 cm³/mol. The van der Waals surface area contributed by atoms with Crippen molar-refractivity contribution in [1.29, 1.82) is 0 Å². The first kappa shape index (κ1) is 23.6. The largest absolute Gasteiger partial charge is 0.457 e. The fourth-order valence-corrected chi connectivity index (χ4v) is 2.42. The van der Waals surface area contributed by atoms with Gasteiger partial charge in [0.1, 0.15) is 5.60 Å². The monoisotopic (exact) mass is 386 g/mol. The van der Waals surface area contributed by atoms with E-state index < -0.39 is 11.6 Å². The molecule has 0 amide bonds. The Labute approximate surface area is 169 Å². The average molecular weight is 387 g/mol. The fourth-order valence-electron chi connectivity index (χ4n) is 2.42. The van der Waals surface area contributed by atoms with Gasteiger partial charge in [-0.15, -0.1) is 0 Å². The molecule has 0 N–H and O–H groups in total. The number of carbonyl (C=O) groups excluding carboxylic acids is 1. The molecule has 2 rings (SSSR count). The highest BCUT2D eigenvalue weighted by Gasteiger charge is 2.20. The first-order valence-corrected chi connectivity index (χ1v) is 9.99. The highest BCUT2D eigenvalue weighted by Crippen LogP contribution is 2.20. The van der Waals surface area contributed by atoms with E-state index in [0.29, 0.717) is 29.6 Å². The molecule has 1 aromatic heterocycles. The van der Waals surface area contributed by atoms with Crippen molar-refractivity contribution in [2.45, 2.75) is 79.2 Å². The number of nitrogens with zero attached hydrogens (tertiary/aromatic N) is 2. The molecule has 0 aliphatic heterocycles. The number of aromatic nitrogens is 2. The molecular formula is C23H34N2O3. The molecule has 0 radical (unpaired) electrons. The molecule has 1 aromatic carbocycles. The van der Waals surface area contributed by atoms with Crippen molar-refractivity contribution in [3.8, 4) is 0 Å². The second-order valence-corrected chi connectivity index (χ2v) is 7.61. The summed E-state index contributed by atoms with van der Waals surface area (Å²) in [6.45, 7) is 17.6. The SMILES string of the molecule is C=C(Cc1nc(Cc2ccc(C(C)CC)cc2)no1)C(=O)OC(C)(C)C.CC. The van der Waals surface area contributed by atoms with Crippen LogP contribution in [0.5, 0.6) is 0 Å². The Morgan fingerprint density at radius 2 is 1.82 bits per heavy atom. The third kappa shape index (κ3) is 7.67. The van der Waals surface area contributed by atoms with Crippen molar-refractivity contribution < 1.29 is 14.1 Å². The van der Waals surface area contributed by atoms with Crippen LogP contribution in [0.4, 0.5) is 0 Å². The molecule has 28 heavy (non-hydrogen) atoms. The van der Waals surface area contributed by atoms with E-state index in [1.54, 1.807) is 0 Å². The Morgan fingerprint density at radius 3 is 2.36 bits per heavy atom. The summed E-state index contributed by atoms with van der Waals surface area (Å²) in [5.41, 5.74) is 2.20. The summed E-state index contributed by atoms with van der Waals surface area (Å²) < 4.78 is 10.5. The van der Waals surface area contributed by atoms with Gasteiger partial charge in [-0.2, -0.15) is 4.98 Å². The van der Waals surface area contributed by atoms with Crippen LogP contribution >= 0.6 is 0 Å². The summed E-state index contributed by atoms with van der Waals surface area (Å²) >= 11 is 0. The van der Waals surface area contributed by atoms with Gasteiger partial charge in [-0.3, -0.25) is 0 Å². The summed E-state index contributed by atoms with van der Waals surface area (Å²) in [7, 11) is 0. The number of hydrogen-bond donors (Lipinski definition) is 0. The van der Waals surface area contributed by atoms with Gasteiger partial charge >= 0.3 is 5.97 Å². The van der Waals surface area contributed by atoms with Crippen molar-refractivity contribution in [2.24, 2.45) is 0 Å². The summed E-state index contributed by atoms with van der Waals surface area (Å²) in [4.78, 5) is 16.3. The first-order chi connectivity index (χ1) is 13.2. The standard InChI is InChI=1S/C21H28N2O3.C2H6/c1-7-14(2)17-10-8-16(9-11-17)13-18-22-19(26-23-18)12-15(3)20(24)25-21(4,5)6;1-2/h8-11,14H,3,7,12-13H2,1-2,4-6H3;1-2H3. The van der Waals surface area contributed by atoms with E-state index in [4.69, 9.17) is 9.26 Å². The molecule has 0 saturated carbocycles. The van der Waals surface area contributed by atoms with Gasteiger partial charge in [0.25, 0.3) is 0 Å². The van der Waals surface area contributed by atoms with E-state index in [9.17, 15) is 4.79 Å². The van der Waals surface area contributed by atoms with Crippen LogP contribution in [0.15, 0.2) is 40.9 Å². The zero-order valence-corrected chi connectivity index (χ0v) is 18.3. The summed E-state index contributed by atoms with van der Waals surface area (Å²) in [5.74, 6) is 1.07. The zero-order valence-electron chi connectivity index (χ0n) is 18.3. The van der Waals surface area contributed by atoms with Crippen molar-refractivity contribution in [3.63, 3.8) is 0 Å². The van der Waals surface area contributed by atoms with Crippen LogP contribution in [-0.2, 0) is 22.4 Å². The lowest BCUT2D eigenvalue weighted by Crippen LogP contribution is -2.25. The Morgan fingerprint density at radius 1 is 1.21 bits per heavy atom. The summed E-state index contributed by atoms with van der Waals surface area (Å²) in [5, 5.41) is 3.99. The van der Waals surface area contributed by atoms with Crippen LogP contribution in [0.2, 0.25) is 0 Å². The lowest BCUT2D eigenvalue weighted by atomic mass is 9.97. The fraction of sp³-hybridized carbons (Fsp3) is 0.522. The van der Waals surface area contributed by atoms with Gasteiger partial charge in [0.15, 0.2) is 5.82 Å². The van der Waals surface area contributed by atoms with Crippen molar-refractivity contribution in [1.82, 2.24) is 10.1 Å². The molecule has 5 heteroatoms. The van der Waals surface area contributed by atoms with Gasteiger partial charge in [-0.1, -0.05) is 63.7 Å². The Kier molecular flexibility index (Phi) is 9.10. The molecule has 154 valence electrons. The highest BCUT2D eigenvalue weighted by atomic mass is 16.6. The smallest absolute Gasteiger partial charge is 0.334 e. The number of carbonyl (C=O) groups is 1. The van der Waals surface area contributed by atoms with Gasteiger partial charge < -0.3 is 9.26 Å². The van der Waals surface area contributed by atoms with E-state index in [1.807, 2.05) is 34.6 Å². The Bertz CT molecular complexity index is 755. The normalized spacial score (nSPS) is 12.0. The molecule has 1 unspecified atom stereocenters. The number of benzene rings is 1. The molecule has 0 fully saturated rings. The van der Waals surface area contributed by atoms with Gasteiger partial charge in [0.2, 0.25) is 5.89 Å². The van der Waals surface area contributed by atoms with Crippen LogP contribution in [0.1, 0.15) is 83.6 Å². The van der Waals surface area contributed by atoms with E-state index in [0.717, 1.165) is 12.0 Å². The van der Waals surface area contributed by atoms with Crippen LogP contribution in [0.25, 0.3) is 0 Å². The second-order valence-electron chi connectivity index (χ2n) is 7.61. The topological polar surface area (TPSA) is 65.2 Å². The number of esters is 1. The van der Waals surface area contributed by atoms with E-state index in [-0.39, 0.29) is 6.42 Å². The van der Waals surface area contributed by atoms with Crippen LogP contribution < -0.4 is 0 Å². The Hall–Kier alpha value is -2.43. The van der Waals surface area contributed by atoms with Crippen molar-refractivity contribution in [3.05, 3.63) is 59.3 Å². The lowest BCUT2D eigenvalue weighted by Gasteiger charge is -2.19. The third-order valence-corrected chi connectivity index (χ3v) is 4.09. The molecule has 0 aliphatic carbocycles. The number of hydrogen-bond acceptors (Lipinski definition) is 5. The predicted octanol–water partition coefficient (Wildman–Crippen LogP) is 5.64. The molecule has 0 spiro atoms. The summed E-state index contributed by atoms with van der Waals surface area (Å²) in [6, 6.07) is 8.48. The minimum Gasteiger partial charge on any atom is -0.457 e. The highest BCUT2D eigenvalue weighted by molar-refractivity contribution is 5.88. The van der Waals surface area contributed by atoms with Gasteiger partial charge in [0, 0.05) is 12.0 Å². The first-order valence-electron chi connectivity index (χ1n) is 9.99. The second kappa shape index (κ2) is 10.8. The quantitative estimate of drug-likeness (QED) is 0.455. The van der Waals surface area contributed by atoms with Gasteiger partial charge in [0.05, 0.1) is 6.42 Å². The summed E-state index contributed by atoms with van der Waals surface area (Å²) in [6.07, 6.45) is 1.90. The molecule has 1 heterocycles. The van der Waals surface area contributed by atoms with Crippen molar-refractivity contribution >= 4 is 5.97 Å². The molecule has 1 atom stereocenters. The lowest BCUT2D eigenvalue weighted by molar-refractivity contribution is -0.150. The van der Waals surface area contributed by atoms with Crippen molar-refractivity contribution in [2.75, 3.05) is 0 Å². The number of rotatable bonds is 7. The minimum absolute atomic E-state index is 0.189. The van der Waals surface area contributed by atoms with E-state index in [1.165, 1.54) is 5.56 Å². The molecule has 0 aliphatic rings. The molecule has 0 saturated heterocycles. The molecule has 2 aromatic rings.